The first-order chi connectivity index (χ1) is 8.67. The molecule has 3 rings (SSSR count). The van der Waals surface area contributed by atoms with E-state index in [-0.39, 0.29) is 29.7 Å². The topological polar surface area (TPSA) is 52.6 Å². The van der Waals surface area contributed by atoms with Gasteiger partial charge < -0.3 is 9.47 Å². The van der Waals surface area contributed by atoms with Crippen LogP contribution < -0.4 is 0 Å². The van der Waals surface area contributed by atoms with Gasteiger partial charge in [-0.3, -0.25) is 0 Å². The van der Waals surface area contributed by atoms with Crippen LogP contribution in [0.1, 0.15) is 12.8 Å². The lowest BCUT2D eigenvalue weighted by molar-refractivity contribution is -0.137. The second-order valence-electron chi connectivity index (χ2n) is 5.17. The van der Waals surface area contributed by atoms with E-state index in [1.807, 2.05) is 12.2 Å². The van der Waals surface area contributed by atoms with E-state index < -0.39 is 0 Å². The Morgan fingerprint density at radius 3 is 1.83 bits per heavy atom. The van der Waals surface area contributed by atoms with Gasteiger partial charge in [0.05, 0.1) is 14.2 Å². The van der Waals surface area contributed by atoms with Crippen LogP contribution in [-0.2, 0) is 19.1 Å². The molecule has 0 heterocycles. The zero-order valence-electron chi connectivity index (χ0n) is 10.5. The van der Waals surface area contributed by atoms with Crippen molar-refractivity contribution >= 4 is 11.9 Å². The number of rotatable bonds is 2. The lowest BCUT2D eigenvalue weighted by Crippen LogP contribution is -2.18. The third kappa shape index (κ3) is 1.38. The molecular formula is C14H16O4. The van der Waals surface area contributed by atoms with E-state index in [1.165, 1.54) is 14.2 Å². The summed E-state index contributed by atoms with van der Waals surface area (Å²) in [6.45, 7) is 0. The minimum Gasteiger partial charge on any atom is -0.466 e. The number of hydrogen-bond acceptors (Lipinski definition) is 4. The Bertz CT molecular complexity index is 432. The molecule has 0 radical (unpaired) electrons. The number of carbonyl (C=O) groups is 2. The predicted octanol–water partition coefficient (Wildman–Crippen LogP) is 1.47. The maximum absolute atomic E-state index is 11.7. The van der Waals surface area contributed by atoms with Crippen LogP contribution in [0.4, 0.5) is 0 Å². The maximum atomic E-state index is 11.7. The van der Waals surface area contributed by atoms with Crippen molar-refractivity contribution in [3.8, 4) is 0 Å². The van der Waals surface area contributed by atoms with Gasteiger partial charge in [-0.15, -0.1) is 0 Å². The van der Waals surface area contributed by atoms with E-state index in [2.05, 4.69) is 0 Å². The first kappa shape index (κ1) is 11.5. The average Bonchev–Trinajstić information content (AvgIpc) is 3.03. The van der Waals surface area contributed by atoms with Gasteiger partial charge in [0.25, 0.3) is 0 Å². The van der Waals surface area contributed by atoms with Crippen molar-refractivity contribution in [2.24, 2.45) is 23.7 Å². The minimum absolute atomic E-state index is 0.200. The first-order valence-corrected chi connectivity index (χ1v) is 6.27. The van der Waals surface area contributed by atoms with Gasteiger partial charge in [0.2, 0.25) is 0 Å². The van der Waals surface area contributed by atoms with Gasteiger partial charge in [0, 0.05) is 17.1 Å². The lowest BCUT2D eigenvalue weighted by atomic mass is 9.87. The number of esters is 2. The quantitative estimate of drug-likeness (QED) is 0.694. The molecule has 0 aliphatic heterocycles. The first-order valence-electron chi connectivity index (χ1n) is 6.27. The molecule has 0 saturated heterocycles. The summed E-state index contributed by atoms with van der Waals surface area (Å²) < 4.78 is 9.65. The highest BCUT2D eigenvalue weighted by atomic mass is 16.5. The second-order valence-corrected chi connectivity index (χ2v) is 5.17. The van der Waals surface area contributed by atoms with Crippen LogP contribution in [-0.4, -0.2) is 26.2 Å². The molecule has 3 aliphatic carbocycles. The Labute approximate surface area is 106 Å². The number of hydrogen-bond donors (Lipinski definition) is 0. The van der Waals surface area contributed by atoms with Crippen LogP contribution in [0.25, 0.3) is 0 Å². The fourth-order valence-electron chi connectivity index (χ4n) is 3.89. The zero-order chi connectivity index (χ0) is 12.9. The summed E-state index contributed by atoms with van der Waals surface area (Å²) in [6, 6.07) is 0. The molecule has 1 fully saturated rings. The zero-order valence-corrected chi connectivity index (χ0v) is 10.5. The summed E-state index contributed by atoms with van der Waals surface area (Å²) in [4.78, 5) is 23.4. The predicted molar refractivity (Wildman–Crippen MR) is 63.4 cm³/mol. The van der Waals surface area contributed by atoms with Crippen LogP contribution in [0.5, 0.6) is 0 Å². The fourth-order valence-corrected chi connectivity index (χ4v) is 3.89. The normalized spacial score (nSPS) is 35.9. The van der Waals surface area contributed by atoms with Crippen molar-refractivity contribution < 1.29 is 19.1 Å². The van der Waals surface area contributed by atoms with Crippen molar-refractivity contribution in [1.29, 1.82) is 0 Å². The van der Waals surface area contributed by atoms with Crippen LogP contribution in [0.3, 0.4) is 0 Å². The number of methoxy groups -OCH3 is 2. The van der Waals surface area contributed by atoms with Crippen molar-refractivity contribution in [2.75, 3.05) is 14.2 Å². The summed E-state index contributed by atoms with van der Waals surface area (Å²) in [5, 5.41) is 0. The minimum atomic E-state index is -0.219. The van der Waals surface area contributed by atoms with E-state index in [9.17, 15) is 9.59 Å². The van der Waals surface area contributed by atoms with Gasteiger partial charge in [-0.05, 0) is 30.6 Å². The summed E-state index contributed by atoms with van der Waals surface area (Å²) in [5.74, 6) is 0.641. The molecule has 3 aliphatic rings. The Kier molecular flexibility index (Phi) is 2.54. The molecule has 4 heteroatoms. The Morgan fingerprint density at radius 2 is 1.44 bits per heavy atom. The third-order valence-corrected chi connectivity index (χ3v) is 4.55. The van der Waals surface area contributed by atoms with Gasteiger partial charge in [0.15, 0.2) is 0 Å². The van der Waals surface area contributed by atoms with Crippen molar-refractivity contribution in [3.05, 3.63) is 23.3 Å². The molecule has 0 spiro atoms. The van der Waals surface area contributed by atoms with Crippen LogP contribution in [0.2, 0.25) is 0 Å². The third-order valence-electron chi connectivity index (χ3n) is 4.55. The molecule has 0 amide bonds. The van der Waals surface area contributed by atoms with Crippen LogP contribution in [0, 0.1) is 23.7 Å². The van der Waals surface area contributed by atoms with E-state index in [0.717, 1.165) is 24.0 Å². The van der Waals surface area contributed by atoms with E-state index in [1.54, 1.807) is 0 Å². The van der Waals surface area contributed by atoms with Gasteiger partial charge >= 0.3 is 11.9 Å². The fraction of sp³-hybridized carbons (Fsp3) is 0.571. The number of allylic oxidation sites excluding steroid dienone is 2. The largest absolute Gasteiger partial charge is 0.466 e. The summed E-state index contributed by atoms with van der Waals surface area (Å²) >= 11 is 0. The van der Waals surface area contributed by atoms with E-state index >= 15 is 0 Å². The molecule has 0 aromatic carbocycles. The molecule has 18 heavy (non-hydrogen) atoms. The van der Waals surface area contributed by atoms with Crippen molar-refractivity contribution in [3.63, 3.8) is 0 Å². The smallest absolute Gasteiger partial charge is 0.333 e. The molecule has 4 atom stereocenters. The molecule has 96 valence electrons. The molecule has 0 aromatic heterocycles. The molecule has 0 bridgehead atoms. The van der Waals surface area contributed by atoms with E-state index in [0.29, 0.717) is 5.92 Å². The molecule has 4 nitrogen and oxygen atoms in total. The van der Waals surface area contributed by atoms with E-state index in [4.69, 9.17) is 9.47 Å². The molecule has 0 N–H and O–H groups in total. The number of ether oxygens (including phenoxy) is 2. The summed E-state index contributed by atoms with van der Waals surface area (Å²) in [5.41, 5.74) is 1.60. The SMILES string of the molecule is COC(=O)C1=CC2C=C(C(=O)OC)[C@@H]3CC[C@H]1C23. The van der Waals surface area contributed by atoms with Gasteiger partial charge in [-0.1, -0.05) is 12.2 Å². The van der Waals surface area contributed by atoms with Crippen molar-refractivity contribution in [1.82, 2.24) is 0 Å². The average molecular weight is 248 g/mol. The van der Waals surface area contributed by atoms with Crippen molar-refractivity contribution in [2.45, 2.75) is 12.8 Å². The molecule has 1 saturated carbocycles. The summed E-state index contributed by atoms with van der Waals surface area (Å²) in [6.07, 6.45) is 5.87. The van der Waals surface area contributed by atoms with Gasteiger partial charge in [-0.25, -0.2) is 9.59 Å². The monoisotopic (exact) mass is 248 g/mol. The molecular weight excluding hydrogens is 232 g/mol. The Balaban J connectivity index is 1.93. The maximum Gasteiger partial charge on any atom is 0.333 e. The van der Waals surface area contributed by atoms with Gasteiger partial charge in [0.1, 0.15) is 0 Å². The lowest BCUT2D eigenvalue weighted by Gasteiger charge is -2.17. The molecule has 0 aromatic rings. The Hall–Kier alpha value is -1.58. The standard InChI is InChI=1S/C14H16O4/c1-17-13(15)10-5-7-6-11(14(16)18-2)9-4-3-8(10)12(7)9/h5-9,12H,3-4H2,1-2H3/t7?,8-,9+,12?. The summed E-state index contributed by atoms with van der Waals surface area (Å²) in [7, 11) is 2.83. The highest BCUT2D eigenvalue weighted by Crippen LogP contribution is 2.57. The number of carbonyl (C=O) groups excluding carboxylic acids is 2. The second kappa shape index (κ2) is 3.97. The highest BCUT2D eigenvalue weighted by Gasteiger charge is 2.53. The van der Waals surface area contributed by atoms with Crippen LogP contribution in [0.15, 0.2) is 23.3 Å². The highest BCUT2D eigenvalue weighted by molar-refractivity contribution is 5.93. The molecule has 2 unspecified atom stereocenters. The van der Waals surface area contributed by atoms with Gasteiger partial charge in [-0.2, -0.15) is 0 Å². The van der Waals surface area contributed by atoms with Crippen LogP contribution >= 0.6 is 0 Å². The Morgan fingerprint density at radius 1 is 1.00 bits per heavy atom.